The van der Waals surface area contributed by atoms with Crippen molar-refractivity contribution >= 4 is 53.5 Å². The van der Waals surface area contributed by atoms with Crippen LogP contribution in [-0.4, -0.2) is 32.8 Å². The largest absolute Gasteiger partial charge is 0.448 e. The van der Waals surface area contributed by atoms with E-state index in [1.807, 2.05) is 10.4 Å². The first-order chi connectivity index (χ1) is 19.4. The van der Waals surface area contributed by atoms with Crippen LogP contribution >= 0.6 is 0 Å². The van der Waals surface area contributed by atoms with Crippen LogP contribution in [0.4, 0.5) is 0 Å². The molecule has 0 aromatic heterocycles. The van der Waals surface area contributed by atoms with E-state index in [4.69, 9.17) is 4.12 Å². The molecule has 0 spiro atoms. The highest BCUT2D eigenvalue weighted by atomic mass is 28.4. The summed E-state index contributed by atoms with van der Waals surface area (Å²) in [5.74, 6) is 0. The summed E-state index contributed by atoms with van der Waals surface area (Å²) in [6.45, 7) is 20.0. The second kappa shape index (κ2) is 11.0. The molecule has 0 saturated heterocycles. The van der Waals surface area contributed by atoms with Crippen LogP contribution in [0.3, 0.4) is 0 Å². The molecule has 0 N–H and O–H groups in total. The quantitative estimate of drug-likeness (QED) is 0.218. The van der Waals surface area contributed by atoms with Crippen molar-refractivity contribution in [1.29, 1.82) is 0 Å². The van der Waals surface area contributed by atoms with Gasteiger partial charge in [0.2, 0.25) is 16.6 Å². The number of fused-ring (bicyclic) bond motifs is 2. The van der Waals surface area contributed by atoms with E-state index < -0.39 is 32.8 Å². The fraction of sp³-hybridized carbons (Fsp3) is 0.486. The molecular formula is C35H52OSi4. The van der Waals surface area contributed by atoms with Crippen molar-refractivity contribution in [3.63, 3.8) is 0 Å². The second-order valence-electron chi connectivity index (χ2n) is 12.5. The van der Waals surface area contributed by atoms with E-state index in [0.29, 0.717) is 0 Å². The average molecular weight is 601 g/mol. The minimum atomic E-state index is -2.09. The molecule has 2 aliphatic heterocycles. The Kier molecular flexibility index (Phi) is 8.21. The van der Waals surface area contributed by atoms with E-state index in [-0.39, 0.29) is 4.66 Å². The van der Waals surface area contributed by atoms with Crippen molar-refractivity contribution in [2.75, 3.05) is 0 Å². The van der Waals surface area contributed by atoms with Crippen molar-refractivity contribution in [3.05, 3.63) is 83.9 Å². The highest BCUT2D eigenvalue weighted by Crippen LogP contribution is 2.56. The molecule has 0 radical (unpaired) electrons. The van der Waals surface area contributed by atoms with Crippen molar-refractivity contribution in [2.24, 2.45) is 0 Å². The molecule has 3 aromatic rings. The van der Waals surface area contributed by atoms with Crippen LogP contribution in [0.25, 0.3) is 0 Å². The monoisotopic (exact) mass is 600 g/mol. The molecule has 0 unspecified atom stereocenters. The number of benzene rings is 3. The molecule has 40 heavy (non-hydrogen) atoms. The Morgan fingerprint density at radius 1 is 0.450 bits per heavy atom. The lowest BCUT2D eigenvalue weighted by Gasteiger charge is -2.54. The topological polar surface area (TPSA) is 9.23 Å². The molecule has 1 nitrogen and oxygen atoms in total. The summed E-state index contributed by atoms with van der Waals surface area (Å²) in [7, 11) is -8.15. The number of hydrogen-bond donors (Lipinski definition) is 0. The predicted octanol–water partition coefficient (Wildman–Crippen LogP) is 7.57. The maximum atomic E-state index is 7.58. The average Bonchev–Trinajstić information content (AvgIpc) is 3.44. The van der Waals surface area contributed by atoms with Gasteiger partial charge >= 0.3 is 0 Å². The van der Waals surface area contributed by atoms with Crippen LogP contribution < -0.4 is 20.7 Å². The minimum absolute atomic E-state index is 0.138. The highest BCUT2D eigenvalue weighted by Gasteiger charge is 2.71. The van der Waals surface area contributed by atoms with Gasteiger partial charge in [0.05, 0.1) is 16.1 Å². The van der Waals surface area contributed by atoms with Gasteiger partial charge in [-0.1, -0.05) is 163 Å². The van der Waals surface area contributed by atoms with Crippen LogP contribution in [0.1, 0.15) is 66.5 Å². The third kappa shape index (κ3) is 3.51. The molecule has 2 heterocycles. The van der Waals surface area contributed by atoms with E-state index in [2.05, 4.69) is 128 Å². The van der Waals surface area contributed by atoms with Gasteiger partial charge in [-0.2, -0.15) is 0 Å². The normalized spacial score (nSPS) is 20.7. The van der Waals surface area contributed by atoms with Gasteiger partial charge in [-0.3, -0.25) is 0 Å². The van der Waals surface area contributed by atoms with E-state index in [0.717, 1.165) is 0 Å². The maximum absolute atomic E-state index is 7.58. The summed E-state index contributed by atoms with van der Waals surface area (Å²) < 4.78 is 7.72. The first kappa shape index (κ1) is 30.0. The van der Waals surface area contributed by atoms with Gasteiger partial charge in [-0.25, -0.2) is 0 Å². The molecule has 0 aliphatic carbocycles. The first-order valence-corrected chi connectivity index (χ1v) is 25.8. The molecule has 214 valence electrons. The number of hydrogen-bond acceptors (Lipinski definition) is 1. The van der Waals surface area contributed by atoms with E-state index >= 15 is 0 Å². The third-order valence-corrected chi connectivity index (χ3v) is 37.7. The fourth-order valence-corrected chi connectivity index (χ4v) is 40.7. The zero-order chi connectivity index (χ0) is 28.8. The molecular weight excluding hydrogens is 549 g/mol. The summed E-state index contributed by atoms with van der Waals surface area (Å²) in [6, 6.07) is 39.6. The van der Waals surface area contributed by atoms with E-state index in [1.165, 1.54) is 48.4 Å². The molecule has 2 aliphatic rings. The molecule has 3 aromatic carbocycles. The van der Waals surface area contributed by atoms with Gasteiger partial charge in [-0.05, 0) is 45.7 Å². The summed E-state index contributed by atoms with van der Waals surface area (Å²) >= 11 is 0. The summed E-state index contributed by atoms with van der Waals surface area (Å²) in [5.41, 5.74) is 3.23. The maximum Gasteiger partial charge on any atom is 0.211 e. The molecule has 0 amide bonds. The van der Waals surface area contributed by atoms with E-state index in [1.54, 1.807) is 21.5 Å². The lowest BCUT2D eigenvalue weighted by atomic mass is 10.0. The highest BCUT2D eigenvalue weighted by molar-refractivity contribution is 7.20. The Morgan fingerprint density at radius 3 is 1.05 bits per heavy atom. The van der Waals surface area contributed by atoms with Crippen LogP contribution in [0.5, 0.6) is 0 Å². The van der Waals surface area contributed by atoms with Gasteiger partial charge < -0.3 is 4.12 Å². The van der Waals surface area contributed by atoms with Crippen LogP contribution in [0.15, 0.2) is 72.8 Å². The number of rotatable bonds is 10. The lowest BCUT2D eigenvalue weighted by Crippen LogP contribution is -2.69. The molecule has 0 atom stereocenters. The SMILES string of the molecule is CC[Si]1(CC)O[Si](CC)(CC)c2cc3c(cc21)[Si](CC)(CC)C(c1ccccc1)(c1ccccc1)[Si]3(CC)CC. The lowest BCUT2D eigenvalue weighted by molar-refractivity contribution is 0.550. The van der Waals surface area contributed by atoms with Gasteiger partial charge in [0.25, 0.3) is 0 Å². The molecule has 5 heteroatoms. The Morgan fingerprint density at radius 2 is 0.775 bits per heavy atom. The predicted molar refractivity (Wildman–Crippen MR) is 187 cm³/mol. The second-order valence-corrected chi connectivity index (χ2v) is 31.4. The first-order valence-electron chi connectivity index (χ1n) is 16.4. The summed E-state index contributed by atoms with van der Waals surface area (Å²) in [4.78, 5) is 0. The Bertz CT molecular complexity index is 1220. The summed E-state index contributed by atoms with van der Waals surface area (Å²) in [6.07, 6.45) is 0. The smallest absolute Gasteiger partial charge is 0.211 e. The van der Waals surface area contributed by atoms with Crippen LogP contribution in [-0.2, 0) is 8.78 Å². The molecule has 0 bridgehead atoms. The standard InChI is InChI=1S/C35H52OSi4/c1-9-37(10-2)31-27-33-34(40(15-7,16-8)36-39(33,13-5)14-6)28-32(31)38(11-3,12-4)35(37,29-23-19-17-20-24-29)30-25-21-18-22-26-30/h17-28H,9-16H2,1-8H3. The van der Waals surface area contributed by atoms with Crippen molar-refractivity contribution in [1.82, 2.24) is 0 Å². The van der Waals surface area contributed by atoms with Crippen LogP contribution in [0.2, 0.25) is 48.4 Å². The zero-order valence-electron chi connectivity index (χ0n) is 26.5. The third-order valence-electron chi connectivity index (χ3n) is 12.1. The van der Waals surface area contributed by atoms with Gasteiger partial charge in [0, 0.05) is 4.66 Å². The van der Waals surface area contributed by atoms with Gasteiger partial charge in [0.1, 0.15) is 0 Å². The van der Waals surface area contributed by atoms with Gasteiger partial charge in [-0.15, -0.1) is 0 Å². The Balaban J connectivity index is 2.01. The zero-order valence-corrected chi connectivity index (χ0v) is 30.5. The molecule has 0 saturated carbocycles. The molecule has 0 fully saturated rings. The van der Waals surface area contributed by atoms with E-state index in [9.17, 15) is 0 Å². The summed E-state index contributed by atoms with van der Waals surface area (Å²) in [5, 5.41) is 7.16. The van der Waals surface area contributed by atoms with Gasteiger partial charge in [0.15, 0.2) is 0 Å². The molecule has 5 rings (SSSR count). The van der Waals surface area contributed by atoms with Crippen molar-refractivity contribution in [2.45, 2.75) is 108 Å². The Hall–Kier alpha value is -1.51. The van der Waals surface area contributed by atoms with Crippen molar-refractivity contribution < 1.29 is 4.12 Å². The fourth-order valence-electron chi connectivity index (χ4n) is 10.0. The Labute approximate surface area is 249 Å². The minimum Gasteiger partial charge on any atom is -0.448 e. The van der Waals surface area contributed by atoms with Crippen LogP contribution in [0, 0.1) is 0 Å². The van der Waals surface area contributed by atoms with Crippen molar-refractivity contribution in [3.8, 4) is 0 Å².